The molecule has 2 aromatic carbocycles. The smallest absolute Gasteiger partial charge is 0.465 e. The van der Waals surface area contributed by atoms with E-state index in [1.807, 2.05) is 6.07 Å². The third kappa shape index (κ3) is 25.9. The van der Waals surface area contributed by atoms with Crippen molar-refractivity contribution in [3.8, 4) is 6.07 Å². The molecule has 13 nitrogen and oxygen atoms in total. The second kappa shape index (κ2) is 31.4. The van der Waals surface area contributed by atoms with Crippen LogP contribution >= 0.6 is 23.2 Å². The maximum Gasteiger partial charge on any atom is 0.465 e. The Labute approximate surface area is 356 Å². The zero-order valence-electron chi connectivity index (χ0n) is 33.2. The Morgan fingerprint density at radius 1 is 0.767 bits per heavy atom. The van der Waals surface area contributed by atoms with Gasteiger partial charge in [0.1, 0.15) is 0 Å². The van der Waals surface area contributed by atoms with Gasteiger partial charge in [0.15, 0.2) is 0 Å². The van der Waals surface area contributed by atoms with Gasteiger partial charge in [0.05, 0.1) is 39.2 Å². The van der Waals surface area contributed by atoms with Crippen LogP contribution in [-0.2, 0) is 19.6 Å². The number of nitriles is 1. The van der Waals surface area contributed by atoms with Crippen molar-refractivity contribution in [3.05, 3.63) is 69.7 Å². The van der Waals surface area contributed by atoms with Gasteiger partial charge in [-0.05, 0) is 75.5 Å². The van der Waals surface area contributed by atoms with Crippen molar-refractivity contribution < 1.29 is 70.0 Å². The third-order valence-corrected chi connectivity index (χ3v) is 9.77. The zero-order valence-corrected chi connectivity index (χ0v) is 35.5. The number of nitrogens with zero attached hydrogens (tertiary/aromatic N) is 1. The topological polar surface area (TPSA) is 231 Å². The molecule has 0 aliphatic carbocycles. The number of rotatable bonds is 23. The first kappa shape index (κ1) is 57.6. The van der Waals surface area contributed by atoms with Crippen molar-refractivity contribution in [2.75, 3.05) is 18.9 Å². The zero-order chi connectivity index (χ0) is 46.4. The summed E-state index contributed by atoms with van der Waals surface area (Å²) in [6.07, 6.45) is 15.6. The highest BCUT2D eigenvalue weighted by Crippen LogP contribution is 2.35. The summed E-state index contributed by atoms with van der Waals surface area (Å²) in [5.74, 6) is -11.8. The van der Waals surface area contributed by atoms with E-state index < -0.39 is 46.0 Å². The number of aromatic carboxylic acids is 2. The predicted molar refractivity (Wildman–Crippen MR) is 218 cm³/mol. The average Bonchev–Trinajstić information content (AvgIpc) is 3.16. The van der Waals surface area contributed by atoms with E-state index >= 15 is 0 Å². The molecule has 0 amide bonds. The molecule has 2 rings (SSSR count). The minimum absolute atomic E-state index is 0.00227. The monoisotopic (exact) mass is 919 g/mol. The van der Waals surface area contributed by atoms with Crippen molar-refractivity contribution in [2.24, 2.45) is 0 Å². The molecule has 2 aromatic rings. The molecule has 0 bridgehead atoms. The third-order valence-electron chi connectivity index (χ3n) is 7.79. The fraction of sp³-hybridized carbons (Fsp3) is 0.513. The summed E-state index contributed by atoms with van der Waals surface area (Å²) < 4.78 is 80.3. The summed E-state index contributed by atoms with van der Waals surface area (Å²) in [6, 6.07) is 9.91. The maximum absolute atomic E-state index is 11.3. The van der Waals surface area contributed by atoms with Gasteiger partial charge in [-0.3, -0.25) is 4.79 Å². The molecule has 0 heterocycles. The molecule has 0 fully saturated rings. The molecule has 338 valence electrons. The van der Waals surface area contributed by atoms with E-state index in [4.69, 9.17) is 48.9 Å². The van der Waals surface area contributed by atoms with Gasteiger partial charge in [0.25, 0.3) is 0 Å². The van der Waals surface area contributed by atoms with E-state index in [0.717, 1.165) is 25.3 Å². The molecule has 0 saturated heterocycles. The minimum atomic E-state index is -6.02. The summed E-state index contributed by atoms with van der Waals surface area (Å²) in [5.41, 5.74) is 0.343. The number of hydrogen-bond acceptors (Lipinski definition) is 8. The first-order valence-electron chi connectivity index (χ1n) is 18.6. The molecule has 0 atom stereocenters. The number of benzene rings is 2. The number of carbonyl (C=O) groups is 4. The van der Waals surface area contributed by atoms with E-state index in [-0.39, 0.29) is 21.0 Å². The highest BCUT2D eigenvalue weighted by molar-refractivity contribution is 7.89. The van der Waals surface area contributed by atoms with Gasteiger partial charge in [0, 0.05) is 18.0 Å². The van der Waals surface area contributed by atoms with Gasteiger partial charge in [-0.15, -0.1) is 0 Å². The number of carboxylic acids is 4. The van der Waals surface area contributed by atoms with E-state index in [9.17, 15) is 49.5 Å². The van der Waals surface area contributed by atoms with Crippen LogP contribution in [0.2, 0.25) is 10.0 Å². The molecule has 0 aromatic heterocycles. The average molecular weight is 921 g/mol. The van der Waals surface area contributed by atoms with Crippen LogP contribution in [0.3, 0.4) is 0 Å². The van der Waals surface area contributed by atoms with Crippen molar-refractivity contribution >= 4 is 62.8 Å². The molecule has 0 aliphatic heterocycles. The van der Waals surface area contributed by atoms with Crippen LogP contribution in [0.5, 0.6) is 0 Å². The Kier molecular flexibility index (Phi) is 30.1. The second-order valence-electron chi connectivity index (χ2n) is 12.6. The van der Waals surface area contributed by atoms with Crippen LogP contribution in [0.1, 0.15) is 124 Å². The molecule has 0 radical (unpaired) electrons. The van der Waals surface area contributed by atoms with Crippen LogP contribution in [0.4, 0.5) is 27.6 Å². The van der Waals surface area contributed by atoms with Crippen molar-refractivity contribution in [2.45, 2.75) is 120 Å². The molecular formula is C39H52Cl2F5N3O10S. The number of sulfonamides is 1. The molecule has 0 unspecified atom stereocenters. The molecule has 0 spiro atoms. The SMILES string of the molecule is CCCCCCCCCCC/C=C/CCCCC(=O)O.CNS(=O)(=O)c1ccc(Cl)c(C(=O)O)c1.N#CCCNc1cc(Cl)ccc1C(=O)O.O=C(O)C(F)(F)C(F)(F)F. The summed E-state index contributed by atoms with van der Waals surface area (Å²) >= 11 is 11.3. The minimum Gasteiger partial charge on any atom is -0.481 e. The number of alkyl halides is 5. The first-order valence-corrected chi connectivity index (χ1v) is 20.9. The number of aliphatic carboxylic acids is 2. The highest BCUT2D eigenvalue weighted by atomic mass is 35.5. The number of anilines is 1. The fourth-order valence-corrected chi connectivity index (χ4v) is 5.65. The predicted octanol–water partition coefficient (Wildman–Crippen LogP) is 10.7. The Hall–Kier alpha value is -4.51. The van der Waals surface area contributed by atoms with Crippen molar-refractivity contribution in [3.63, 3.8) is 0 Å². The molecule has 21 heteroatoms. The van der Waals surface area contributed by atoms with Gasteiger partial charge in [-0.2, -0.15) is 27.2 Å². The Morgan fingerprint density at radius 3 is 1.72 bits per heavy atom. The largest absolute Gasteiger partial charge is 0.481 e. The van der Waals surface area contributed by atoms with Gasteiger partial charge < -0.3 is 25.7 Å². The molecule has 60 heavy (non-hydrogen) atoms. The number of halogens is 7. The lowest BCUT2D eigenvalue weighted by Gasteiger charge is -2.13. The Morgan fingerprint density at radius 2 is 1.28 bits per heavy atom. The van der Waals surface area contributed by atoms with Crippen molar-refractivity contribution in [1.29, 1.82) is 5.26 Å². The Bertz CT molecular complexity index is 1810. The van der Waals surface area contributed by atoms with Crippen LogP contribution in [0.15, 0.2) is 53.4 Å². The van der Waals surface area contributed by atoms with Crippen LogP contribution in [0.25, 0.3) is 0 Å². The van der Waals surface area contributed by atoms with E-state index in [2.05, 4.69) is 29.1 Å². The Balaban J connectivity index is 0. The summed E-state index contributed by atoms with van der Waals surface area (Å²) in [7, 11) is -2.40. The quantitative estimate of drug-likeness (QED) is 0.0347. The normalized spacial score (nSPS) is 11.1. The number of carboxylic acid groups (broad SMARTS) is 4. The lowest BCUT2D eigenvalue weighted by atomic mass is 10.1. The van der Waals surface area contributed by atoms with Gasteiger partial charge in [-0.25, -0.2) is 27.5 Å². The fourth-order valence-electron chi connectivity index (χ4n) is 4.52. The maximum atomic E-state index is 11.3. The van der Waals surface area contributed by atoms with Crippen molar-refractivity contribution in [1.82, 2.24) is 4.72 Å². The summed E-state index contributed by atoms with van der Waals surface area (Å²) in [6.45, 7) is 2.66. The van der Waals surface area contributed by atoms with E-state index in [1.54, 1.807) is 0 Å². The number of unbranched alkanes of at least 4 members (excludes halogenated alkanes) is 11. The molecule has 6 N–H and O–H groups in total. The van der Waals surface area contributed by atoms with Gasteiger partial charge in [0.2, 0.25) is 10.0 Å². The molecule has 0 saturated carbocycles. The molecular weight excluding hydrogens is 868 g/mol. The van der Waals surface area contributed by atoms with E-state index in [1.165, 1.54) is 102 Å². The van der Waals surface area contributed by atoms with Crippen LogP contribution < -0.4 is 10.0 Å². The number of hydrogen-bond donors (Lipinski definition) is 6. The van der Waals surface area contributed by atoms with Gasteiger partial charge in [-0.1, -0.05) is 93.6 Å². The highest BCUT2D eigenvalue weighted by Gasteiger charge is 2.64. The summed E-state index contributed by atoms with van der Waals surface area (Å²) in [5, 5.41) is 45.0. The molecule has 0 aliphatic rings. The summed E-state index contributed by atoms with van der Waals surface area (Å²) in [4.78, 5) is 40.9. The lowest BCUT2D eigenvalue weighted by Crippen LogP contribution is -2.43. The first-order chi connectivity index (χ1) is 28.0. The van der Waals surface area contributed by atoms with Crippen LogP contribution in [0, 0.1) is 11.3 Å². The van der Waals surface area contributed by atoms with Gasteiger partial charge >= 0.3 is 36.0 Å². The van der Waals surface area contributed by atoms with Crippen LogP contribution in [-0.4, -0.2) is 78.4 Å². The standard InChI is InChI=1S/C18H34O2.C10H9ClN2O2.C8H8ClNO4S.C3HF5O2/c1-2-3-4-5-6-7-8-9-10-11-12-13-14-15-16-17-18(19)20;11-7-2-3-8(10(14)15)9(6-7)13-5-1-4-12;1-10-15(13,14)5-2-3-7(9)6(4-5)8(11)12;4-2(5,1(9)10)3(6,7)8/h12-13H,2-11,14-17H2,1H3,(H,19,20);2-3,6,13H,1,5H2,(H,14,15);2-4,10H,1H3,(H,11,12);(H,9,10)/b13-12+;;;. The lowest BCUT2D eigenvalue weighted by molar-refractivity contribution is -0.277. The number of nitrogens with one attached hydrogen (secondary N) is 2. The van der Waals surface area contributed by atoms with E-state index in [0.29, 0.717) is 30.1 Å². The number of allylic oxidation sites excluding steroid dienone is 2. The second-order valence-corrected chi connectivity index (χ2v) is 15.3.